The molecule has 0 saturated carbocycles. The van der Waals surface area contributed by atoms with Gasteiger partial charge in [-0.05, 0) is 50.6 Å². The largest absolute Gasteiger partial charge is 0.462 e. The maximum Gasteiger partial charge on any atom is 0.360 e. The minimum Gasteiger partial charge on any atom is -0.462 e. The molecule has 23 heavy (non-hydrogen) atoms. The summed E-state index contributed by atoms with van der Waals surface area (Å²) in [7, 11) is 0. The minimum atomic E-state index is -0.606. The van der Waals surface area contributed by atoms with Crippen LogP contribution in [0.1, 0.15) is 44.6 Å². The van der Waals surface area contributed by atoms with E-state index in [2.05, 4.69) is 4.98 Å². The quantitative estimate of drug-likeness (QED) is 0.692. The molecule has 0 amide bonds. The summed E-state index contributed by atoms with van der Waals surface area (Å²) in [5.74, 6) is -0.764. The number of hydrogen-bond donors (Lipinski definition) is 1. The average Bonchev–Trinajstić information content (AvgIpc) is 2.83. The van der Waals surface area contributed by atoms with Gasteiger partial charge in [0.2, 0.25) is 0 Å². The first-order chi connectivity index (χ1) is 11.0. The van der Waals surface area contributed by atoms with E-state index in [-0.39, 0.29) is 12.3 Å². The van der Waals surface area contributed by atoms with Crippen molar-refractivity contribution in [3.63, 3.8) is 0 Å². The fourth-order valence-corrected chi connectivity index (χ4v) is 2.22. The van der Waals surface area contributed by atoms with Gasteiger partial charge in [0.1, 0.15) is 11.4 Å². The maximum atomic E-state index is 12.3. The van der Waals surface area contributed by atoms with Crippen LogP contribution < -0.4 is 4.74 Å². The predicted octanol–water partition coefficient (Wildman–Crippen LogP) is 2.90. The zero-order chi connectivity index (χ0) is 17.0. The third-order valence-electron chi connectivity index (χ3n) is 3.32. The molecule has 0 unspecified atom stereocenters. The van der Waals surface area contributed by atoms with Gasteiger partial charge in [0.05, 0.1) is 23.8 Å². The third kappa shape index (κ3) is 3.40. The number of esters is 2. The van der Waals surface area contributed by atoms with Crippen LogP contribution in [0, 0.1) is 25.2 Å². The third-order valence-corrected chi connectivity index (χ3v) is 3.32. The number of nitrogens with zero attached hydrogens (tertiary/aromatic N) is 1. The Morgan fingerprint density at radius 1 is 1.17 bits per heavy atom. The lowest BCUT2D eigenvalue weighted by Gasteiger charge is -2.04. The summed E-state index contributed by atoms with van der Waals surface area (Å²) < 4.78 is 10.2. The van der Waals surface area contributed by atoms with Crippen LogP contribution in [-0.2, 0) is 4.74 Å². The first-order valence-electron chi connectivity index (χ1n) is 7.06. The van der Waals surface area contributed by atoms with E-state index in [4.69, 9.17) is 14.7 Å². The van der Waals surface area contributed by atoms with Crippen LogP contribution >= 0.6 is 0 Å². The molecule has 2 rings (SSSR count). The molecule has 1 N–H and O–H groups in total. The van der Waals surface area contributed by atoms with Crippen molar-refractivity contribution in [1.82, 2.24) is 4.98 Å². The normalized spacial score (nSPS) is 10.0. The molecule has 1 heterocycles. The summed E-state index contributed by atoms with van der Waals surface area (Å²) in [6, 6.07) is 8.17. The van der Waals surface area contributed by atoms with Gasteiger partial charge in [-0.2, -0.15) is 5.26 Å². The van der Waals surface area contributed by atoms with Gasteiger partial charge >= 0.3 is 11.9 Å². The molecule has 0 atom stereocenters. The van der Waals surface area contributed by atoms with Crippen molar-refractivity contribution < 1.29 is 19.1 Å². The minimum absolute atomic E-state index is 0.204. The van der Waals surface area contributed by atoms with Crippen molar-refractivity contribution in [3.8, 4) is 11.8 Å². The molecule has 0 aliphatic carbocycles. The van der Waals surface area contributed by atoms with E-state index in [1.807, 2.05) is 6.07 Å². The molecule has 0 aliphatic heterocycles. The van der Waals surface area contributed by atoms with Crippen molar-refractivity contribution in [3.05, 3.63) is 52.3 Å². The molecular formula is C17H16N2O4. The van der Waals surface area contributed by atoms with Gasteiger partial charge in [0, 0.05) is 5.69 Å². The Morgan fingerprint density at radius 2 is 1.83 bits per heavy atom. The van der Waals surface area contributed by atoms with E-state index in [0.717, 1.165) is 0 Å². The number of rotatable bonds is 4. The lowest BCUT2D eigenvalue weighted by molar-refractivity contribution is 0.0525. The molecule has 0 radical (unpaired) electrons. The van der Waals surface area contributed by atoms with E-state index in [1.54, 1.807) is 32.9 Å². The van der Waals surface area contributed by atoms with Crippen LogP contribution in [0.25, 0.3) is 0 Å². The number of H-pyrrole nitrogens is 1. The first kappa shape index (κ1) is 16.3. The topological polar surface area (TPSA) is 92.2 Å². The van der Waals surface area contributed by atoms with E-state index in [1.165, 1.54) is 12.1 Å². The number of benzene rings is 1. The molecule has 1 aromatic carbocycles. The monoisotopic (exact) mass is 312 g/mol. The molecule has 0 saturated heterocycles. The Morgan fingerprint density at radius 3 is 2.39 bits per heavy atom. The van der Waals surface area contributed by atoms with E-state index in [9.17, 15) is 9.59 Å². The summed E-state index contributed by atoms with van der Waals surface area (Å²) in [5.41, 5.74) is 2.06. The highest BCUT2D eigenvalue weighted by molar-refractivity contribution is 5.99. The predicted molar refractivity (Wildman–Crippen MR) is 82.3 cm³/mol. The molecule has 0 fully saturated rings. The maximum absolute atomic E-state index is 12.3. The van der Waals surface area contributed by atoms with Crippen molar-refractivity contribution in [2.24, 2.45) is 0 Å². The smallest absolute Gasteiger partial charge is 0.360 e. The molecule has 0 aliphatic rings. The number of aryl methyl sites for hydroxylation is 1. The van der Waals surface area contributed by atoms with E-state index in [0.29, 0.717) is 28.1 Å². The van der Waals surface area contributed by atoms with Crippen LogP contribution in [-0.4, -0.2) is 23.5 Å². The number of nitrogens with one attached hydrogen (secondary N) is 1. The fraction of sp³-hybridized carbons (Fsp3) is 0.235. The van der Waals surface area contributed by atoms with Crippen LogP contribution in [0.5, 0.6) is 5.75 Å². The molecule has 0 bridgehead atoms. The van der Waals surface area contributed by atoms with Gasteiger partial charge in [0.15, 0.2) is 0 Å². The van der Waals surface area contributed by atoms with Gasteiger partial charge in [-0.1, -0.05) is 0 Å². The van der Waals surface area contributed by atoms with Crippen LogP contribution in [0.3, 0.4) is 0 Å². The number of aromatic amines is 1. The SMILES string of the molecule is CCOC(=O)c1c(C)[nH]c(C(=O)Oc2ccc(C#N)cc2)c1C. The van der Waals surface area contributed by atoms with Gasteiger partial charge < -0.3 is 14.5 Å². The molecule has 2 aromatic rings. The highest BCUT2D eigenvalue weighted by Gasteiger charge is 2.24. The summed E-state index contributed by atoms with van der Waals surface area (Å²) in [6.07, 6.45) is 0. The highest BCUT2D eigenvalue weighted by atomic mass is 16.5. The Labute approximate surface area is 133 Å². The van der Waals surface area contributed by atoms with Crippen LogP contribution in [0.4, 0.5) is 0 Å². The fourth-order valence-electron chi connectivity index (χ4n) is 2.22. The number of carbonyl (C=O) groups is 2. The Balaban J connectivity index is 2.24. The highest BCUT2D eigenvalue weighted by Crippen LogP contribution is 2.21. The summed E-state index contributed by atoms with van der Waals surface area (Å²) >= 11 is 0. The number of nitriles is 1. The van der Waals surface area contributed by atoms with E-state index >= 15 is 0 Å². The molecule has 0 spiro atoms. The lowest BCUT2D eigenvalue weighted by atomic mass is 10.1. The Kier molecular flexibility index (Phi) is 4.82. The number of aromatic nitrogens is 1. The Bertz CT molecular complexity index is 782. The van der Waals surface area contributed by atoms with Crippen molar-refractivity contribution >= 4 is 11.9 Å². The average molecular weight is 312 g/mol. The summed E-state index contributed by atoms with van der Waals surface area (Å²) in [6.45, 7) is 5.33. The lowest BCUT2D eigenvalue weighted by Crippen LogP contribution is -2.11. The number of ether oxygens (including phenoxy) is 2. The van der Waals surface area contributed by atoms with Crippen LogP contribution in [0.2, 0.25) is 0 Å². The van der Waals surface area contributed by atoms with Crippen molar-refractivity contribution in [2.75, 3.05) is 6.61 Å². The van der Waals surface area contributed by atoms with E-state index < -0.39 is 11.9 Å². The molecule has 118 valence electrons. The zero-order valence-corrected chi connectivity index (χ0v) is 13.1. The van der Waals surface area contributed by atoms with Gasteiger partial charge in [0.25, 0.3) is 0 Å². The summed E-state index contributed by atoms with van der Waals surface area (Å²) in [4.78, 5) is 27.1. The molecular weight excluding hydrogens is 296 g/mol. The molecule has 1 aromatic heterocycles. The van der Waals surface area contributed by atoms with Crippen molar-refractivity contribution in [2.45, 2.75) is 20.8 Å². The second-order valence-corrected chi connectivity index (χ2v) is 4.87. The second kappa shape index (κ2) is 6.79. The summed E-state index contributed by atoms with van der Waals surface area (Å²) in [5, 5.41) is 8.75. The first-order valence-corrected chi connectivity index (χ1v) is 7.06. The second-order valence-electron chi connectivity index (χ2n) is 4.87. The zero-order valence-electron chi connectivity index (χ0n) is 13.1. The van der Waals surface area contributed by atoms with Crippen molar-refractivity contribution in [1.29, 1.82) is 5.26 Å². The molecule has 6 heteroatoms. The van der Waals surface area contributed by atoms with Gasteiger partial charge in [-0.15, -0.1) is 0 Å². The molecule has 6 nitrogen and oxygen atoms in total. The van der Waals surface area contributed by atoms with Crippen LogP contribution in [0.15, 0.2) is 24.3 Å². The van der Waals surface area contributed by atoms with Gasteiger partial charge in [-0.3, -0.25) is 0 Å². The van der Waals surface area contributed by atoms with Gasteiger partial charge in [-0.25, -0.2) is 9.59 Å². The number of hydrogen-bond acceptors (Lipinski definition) is 5. The Hall–Kier alpha value is -3.07. The number of carbonyl (C=O) groups excluding carboxylic acids is 2. The standard InChI is InChI=1S/C17H16N2O4/c1-4-22-16(20)14-10(2)15(19-11(14)3)17(21)23-13-7-5-12(9-18)6-8-13/h5-8,19H,4H2,1-3H3.